The lowest BCUT2D eigenvalue weighted by Gasteiger charge is -2.23. The van der Waals surface area contributed by atoms with E-state index in [-0.39, 0.29) is 11.8 Å². The fraction of sp³-hybridized carbons (Fsp3) is 0.438. The summed E-state index contributed by atoms with van der Waals surface area (Å²) in [6, 6.07) is 7.82. The van der Waals surface area contributed by atoms with Crippen LogP contribution in [0.1, 0.15) is 26.3 Å². The molecule has 0 aliphatic heterocycles. The summed E-state index contributed by atoms with van der Waals surface area (Å²) in [5.74, 6) is -1.45. The first-order chi connectivity index (χ1) is 10.3. The van der Waals surface area contributed by atoms with Crippen molar-refractivity contribution in [3.05, 3.63) is 35.9 Å². The molecule has 0 saturated carbocycles. The van der Waals surface area contributed by atoms with Gasteiger partial charge in [-0.2, -0.15) is 0 Å². The largest absolute Gasteiger partial charge is 0.368 e. The Labute approximate surface area is 130 Å². The lowest BCUT2D eigenvalue weighted by molar-refractivity contribution is -0.131. The predicted molar refractivity (Wildman–Crippen MR) is 83.7 cm³/mol. The van der Waals surface area contributed by atoms with E-state index in [4.69, 9.17) is 5.73 Å². The van der Waals surface area contributed by atoms with Crippen LogP contribution < -0.4 is 16.4 Å². The van der Waals surface area contributed by atoms with E-state index in [0.717, 1.165) is 5.56 Å². The van der Waals surface area contributed by atoms with Crippen LogP contribution >= 0.6 is 0 Å². The smallest absolute Gasteiger partial charge is 0.243 e. The Balaban J connectivity index is 2.84. The number of amides is 3. The number of carbonyl (C=O) groups excluding carboxylic acids is 3. The number of carbonyl (C=O) groups is 3. The van der Waals surface area contributed by atoms with Gasteiger partial charge in [-0.15, -0.1) is 0 Å². The number of nitrogens with one attached hydrogen (secondary N) is 2. The Bertz CT molecular complexity index is 529. The van der Waals surface area contributed by atoms with E-state index >= 15 is 0 Å². The number of rotatable bonds is 7. The topological polar surface area (TPSA) is 101 Å². The molecule has 1 aromatic carbocycles. The Morgan fingerprint density at radius 2 is 1.68 bits per heavy atom. The number of hydrogen-bond donors (Lipinski definition) is 3. The van der Waals surface area contributed by atoms with Crippen molar-refractivity contribution in [3.8, 4) is 0 Å². The van der Waals surface area contributed by atoms with Crippen molar-refractivity contribution in [3.63, 3.8) is 0 Å². The summed E-state index contributed by atoms with van der Waals surface area (Å²) in [4.78, 5) is 35.1. The van der Waals surface area contributed by atoms with E-state index in [0.29, 0.717) is 6.42 Å². The van der Waals surface area contributed by atoms with Crippen molar-refractivity contribution in [1.29, 1.82) is 0 Å². The average molecular weight is 305 g/mol. The first-order valence-corrected chi connectivity index (χ1v) is 7.22. The highest BCUT2D eigenvalue weighted by Crippen LogP contribution is 2.06. The summed E-state index contributed by atoms with van der Waals surface area (Å²) in [5.41, 5.74) is 6.21. The average Bonchev–Trinajstić information content (AvgIpc) is 2.43. The van der Waals surface area contributed by atoms with E-state index < -0.39 is 23.9 Å². The molecule has 2 atom stereocenters. The minimum absolute atomic E-state index is 0.129. The van der Waals surface area contributed by atoms with Gasteiger partial charge in [-0.1, -0.05) is 44.2 Å². The molecule has 0 heterocycles. The van der Waals surface area contributed by atoms with Gasteiger partial charge in [-0.3, -0.25) is 14.4 Å². The molecule has 120 valence electrons. The van der Waals surface area contributed by atoms with Crippen molar-refractivity contribution >= 4 is 17.7 Å². The first kappa shape index (κ1) is 17.7. The van der Waals surface area contributed by atoms with Crippen LogP contribution in [0, 0.1) is 5.92 Å². The molecule has 22 heavy (non-hydrogen) atoms. The van der Waals surface area contributed by atoms with Gasteiger partial charge in [-0.25, -0.2) is 0 Å². The Morgan fingerprint density at radius 3 is 2.14 bits per heavy atom. The molecule has 6 heteroatoms. The van der Waals surface area contributed by atoms with Crippen molar-refractivity contribution < 1.29 is 14.4 Å². The second-order valence-electron chi connectivity index (χ2n) is 5.58. The summed E-state index contributed by atoms with van der Waals surface area (Å²) >= 11 is 0. The maximum Gasteiger partial charge on any atom is 0.243 e. The van der Waals surface area contributed by atoms with Gasteiger partial charge in [0.1, 0.15) is 12.1 Å². The summed E-state index contributed by atoms with van der Waals surface area (Å²) in [6.45, 7) is 4.93. The molecule has 1 aromatic rings. The van der Waals surface area contributed by atoms with Crippen molar-refractivity contribution in [2.45, 2.75) is 39.3 Å². The third kappa shape index (κ3) is 5.55. The van der Waals surface area contributed by atoms with E-state index in [1.54, 1.807) is 13.8 Å². The van der Waals surface area contributed by atoms with Gasteiger partial charge in [0.05, 0.1) is 0 Å². The second kappa shape index (κ2) is 8.17. The summed E-state index contributed by atoms with van der Waals surface area (Å²) in [6.07, 6.45) is 0.343. The third-order valence-corrected chi connectivity index (χ3v) is 3.25. The van der Waals surface area contributed by atoms with Crippen LogP contribution in [0.15, 0.2) is 30.3 Å². The Hall–Kier alpha value is -2.37. The van der Waals surface area contributed by atoms with Gasteiger partial charge in [-0.05, 0) is 11.5 Å². The minimum Gasteiger partial charge on any atom is -0.368 e. The number of primary amides is 1. The van der Waals surface area contributed by atoms with E-state index in [1.165, 1.54) is 6.92 Å². The zero-order chi connectivity index (χ0) is 16.7. The van der Waals surface area contributed by atoms with Gasteiger partial charge in [0.25, 0.3) is 0 Å². The number of benzene rings is 1. The molecule has 0 bridgehead atoms. The van der Waals surface area contributed by atoms with Crippen LogP contribution in [0.4, 0.5) is 0 Å². The molecule has 1 rings (SSSR count). The van der Waals surface area contributed by atoms with Crippen LogP contribution in [0.3, 0.4) is 0 Å². The SMILES string of the molecule is CC(=O)N[C@@H](Cc1ccccc1)C(=O)N[C@H](C(N)=O)C(C)C. The van der Waals surface area contributed by atoms with Crippen LogP contribution in [-0.4, -0.2) is 29.8 Å². The molecular formula is C16H23N3O3. The molecule has 0 spiro atoms. The number of nitrogens with two attached hydrogens (primary N) is 1. The highest BCUT2D eigenvalue weighted by molar-refractivity contribution is 5.91. The van der Waals surface area contributed by atoms with Gasteiger partial charge < -0.3 is 16.4 Å². The summed E-state index contributed by atoms with van der Waals surface area (Å²) < 4.78 is 0. The van der Waals surface area contributed by atoms with Crippen LogP contribution in [-0.2, 0) is 20.8 Å². The number of hydrogen-bond acceptors (Lipinski definition) is 3. The lowest BCUT2D eigenvalue weighted by atomic mass is 10.0. The van der Waals surface area contributed by atoms with Gasteiger partial charge in [0.2, 0.25) is 17.7 Å². The van der Waals surface area contributed by atoms with Crippen molar-refractivity contribution in [2.75, 3.05) is 0 Å². The quantitative estimate of drug-likeness (QED) is 0.678. The molecule has 0 aromatic heterocycles. The predicted octanol–water partition coefficient (Wildman–Crippen LogP) is 0.360. The van der Waals surface area contributed by atoms with Crippen LogP contribution in [0.25, 0.3) is 0 Å². The molecule has 0 fully saturated rings. The van der Waals surface area contributed by atoms with Crippen molar-refractivity contribution in [2.24, 2.45) is 11.7 Å². The highest BCUT2D eigenvalue weighted by atomic mass is 16.2. The third-order valence-electron chi connectivity index (χ3n) is 3.25. The second-order valence-corrected chi connectivity index (χ2v) is 5.58. The van der Waals surface area contributed by atoms with E-state index in [9.17, 15) is 14.4 Å². The van der Waals surface area contributed by atoms with Crippen LogP contribution in [0.5, 0.6) is 0 Å². The van der Waals surface area contributed by atoms with Crippen molar-refractivity contribution in [1.82, 2.24) is 10.6 Å². The fourth-order valence-electron chi connectivity index (χ4n) is 2.12. The Morgan fingerprint density at radius 1 is 1.09 bits per heavy atom. The summed E-state index contributed by atoms with van der Waals surface area (Å²) in [5, 5.41) is 5.22. The minimum atomic E-state index is -0.764. The maximum atomic E-state index is 12.4. The lowest BCUT2D eigenvalue weighted by Crippen LogP contribution is -2.55. The molecule has 0 aliphatic carbocycles. The molecule has 0 aliphatic rings. The normalized spacial score (nSPS) is 13.3. The highest BCUT2D eigenvalue weighted by Gasteiger charge is 2.26. The molecule has 0 unspecified atom stereocenters. The molecule has 4 N–H and O–H groups in total. The molecular weight excluding hydrogens is 282 g/mol. The fourth-order valence-corrected chi connectivity index (χ4v) is 2.12. The van der Waals surface area contributed by atoms with Crippen LogP contribution in [0.2, 0.25) is 0 Å². The Kier molecular flexibility index (Phi) is 6.56. The van der Waals surface area contributed by atoms with Gasteiger partial charge in [0.15, 0.2) is 0 Å². The standard InChI is InChI=1S/C16H23N3O3/c1-10(2)14(15(17)21)19-16(22)13(18-11(3)20)9-12-7-5-4-6-8-12/h4-8,10,13-14H,9H2,1-3H3,(H2,17,21)(H,18,20)(H,19,22)/t13-,14-/m0/s1. The first-order valence-electron chi connectivity index (χ1n) is 7.22. The molecule has 6 nitrogen and oxygen atoms in total. The zero-order valence-electron chi connectivity index (χ0n) is 13.1. The molecule has 3 amide bonds. The van der Waals surface area contributed by atoms with Gasteiger partial charge in [0, 0.05) is 13.3 Å². The van der Waals surface area contributed by atoms with Gasteiger partial charge >= 0.3 is 0 Å². The zero-order valence-corrected chi connectivity index (χ0v) is 13.1. The monoisotopic (exact) mass is 305 g/mol. The summed E-state index contributed by atoms with van der Waals surface area (Å²) in [7, 11) is 0. The molecule has 0 radical (unpaired) electrons. The molecule has 0 saturated heterocycles. The maximum absolute atomic E-state index is 12.4. The van der Waals surface area contributed by atoms with E-state index in [1.807, 2.05) is 30.3 Å². The van der Waals surface area contributed by atoms with E-state index in [2.05, 4.69) is 10.6 Å².